The van der Waals surface area contributed by atoms with Crippen LogP contribution in [0.2, 0.25) is 0 Å². The summed E-state index contributed by atoms with van der Waals surface area (Å²) in [5.74, 6) is 1.70. The summed E-state index contributed by atoms with van der Waals surface area (Å²) >= 11 is 6.23. The fourth-order valence-electron chi connectivity index (χ4n) is 6.16. The van der Waals surface area contributed by atoms with E-state index in [9.17, 15) is 4.39 Å². The Kier molecular flexibility index (Phi) is 8.12. The lowest BCUT2D eigenvalue weighted by Crippen LogP contribution is -2.47. The molecule has 4 rings (SSSR count). The van der Waals surface area contributed by atoms with E-state index in [0.29, 0.717) is 35.6 Å². The highest BCUT2D eigenvalue weighted by Gasteiger charge is 2.40. The minimum absolute atomic E-state index is 0.184. The van der Waals surface area contributed by atoms with Gasteiger partial charge in [-0.2, -0.15) is 0 Å². The van der Waals surface area contributed by atoms with Crippen LogP contribution in [0.4, 0.5) is 4.39 Å². The predicted octanol–water partition coefficient (Wildman–Crippen LogP) is 4.40. The molecule has 3 aliphatic carbocycles. The molecule has 168 valence electrons. The first-order valence-electron chi connectivity index (χ1n) is 12.0. The van der Waals surface area contributed by atoms with Crippen molar-refractivity contribution < 1.29 is 13.9 Å². The van der Waals surface area contributed by atoms with Gasteiger partial charge in [0, 0.05) is 31.7 Å². The van der Waals surface area contributed by atoms with Crippen molar-refractivity contribution in [3.63, 3.8) is 0 Å². The molecule has 0 bridgehead atoms. The van der Waals surface area contributed by atoms with Crippen molar-refractivity contribution in [2.75, 3.05) is 20.3 Å². The fraction of sp³-hybridized carbons (Fsp3) is 1.00. The van der Waals surface area contributed by atoms with Crippen molar-refractivity contribution in [2.24, 2.45) is 17.8 Å². The molecule has 1 saturated heterocycles. The lowest BCUT2D eigenvalue weighted by atomic mass is 9.80. The Morgan fingerprint density at radius 3 is 2.52 bits per heavy atom. The van der Waals surface area contributed by atoms with Crippen LogP contribution < -0.4 is 10.6 Å². The van der Waals surface area contributed by atoms with Crippen LogP contribution in [0.1, 0.15) is 70.6 Å². The zero-order chi connectivity index (χ0) is 20.2. The topological polar surface area (TPSA) is 42.5 Å². The first-order valence-corrected chi connectivity index (χ1v) is 12.5. The molecule has 0 spiro atoms. The molecule has 4 nitrogen and oxygen atoms in total. The smallest absolute Gasteiger partial charge is 0.100 e. The van der Waals surface area contributed by atoms with Crippen LogP contribution in [0, 0.1) is 17.8 Å². The quantitative estimate of drug-likeness (QED) is 0.613. The summed E-state index contributed by atoms with van der Waals surface area (Å²) in [6.07, 6.45) is 11.7. The van der Waals surface area contributed by atoms with E-state index in [1.54, 1.807) is 0 Å². The first-order chi connectivity index (χ1) is 14.1. The van der Waals surface area contributed by atoms with Crippen molar-refractivity contribution in [3.05, 3.63) is 0 Å². The Hall–Kier alpha value is 0.0600. The maximum Gasteiger partial charge on any atom is 0.100 e. The Labute approximate surface area is 181 Å². The molecule has 3 saturated carbocycles. The molecular weight excluding hydrogens is 391 g/mol. The monoisotopic (exact) mass is 430 g/mol. The summed E-state index contributed by atoms with van der Waals surface area (Å²) in [6, 6.07) is 0.470. The van der Waals surface area contributed by atoms with Crippen molar-refractivity contribution in [2.45, 2.75) is 107 Å². The van der Waals surface area contributed by atoms with Gasteiger partial charge in [0.15, 0.2) is 0 Å². The van der Waals surface area contributed by atoms with E-state index in [1.165, 1.54) is 19.3 Å². The van der Waals surface area contributed by atoms with Gasteiger partial charge in [-0.25, -0.2) is 4.39 Å². The number of rotatable bonds is 6. The zero-order valence-corrected chi connectivity index (χ0v) is 18.7. The highest BCUT2D eigenvalue weighted by Crippen LogP contribution is 2.35. The van der Waals surface area contributed by atoms with E-state index in [0.717, 1.165) is 58.1 Å². The minimum Gasteiger partial charge on any atom is -0.379 e. The van der Waals surface area contributed by atoms with Gasteiger partial charge in [0.2, 0.25) is 0 Å². The molecule has 4 aliphatic rings. The average molecular weight is 431 g/mol. The molecule has 7 atom stereocenters. The molecule has 1 heterocycles. The van der Waals surface area contributed by atoms with Crippen LogP contribution in [0.3, 0.4) is 0 Å². The van der Waals surface area contributed by atoms with Gasteiger partial charge in [-0.1, -0.05) is 6.42 Å². The second-order valence-corrected chi connectivity index (χ2v) is 10.6. The number of halogens is 2. The van der Waals surface area contributed by atoms with E-state index in [4.69, 9.17) is 21.1 Å². The third kappa shape index (κ3) is 5.85. The van der Waals surface area contributed by atoms with Crippen molar-refractivity contribution >= 4 is 11.6 Å². The van der Waals surface area contributed by atoms with Crippen LogP contribution in [0.5, 0.6) is 0 Å². The molecule has 1 aliphatic heterocycles. The Morgan fingerprint density at radius 2 is 1.76 bits per heavy atom. The summed E-state index contributed by atoms with van der Waals surface area (Å²) in [6.45, 7) is 1.85. The molecule has 6 heteroatoms. The number of ether oxygens (including phenoxy) is 2. The molecule has 29 heavy (non-hydrogen) atoms. The molecular formula is C23H40ClFN2O2. The second-order valence-electron chi connectivity index (χ2n) is 10.0. The van der Waals surface area contributed by atoms with Gasteiger partial charge in [-0.15, -0.1) is 11.6 Å². The number of methoxy groups -OCH3 is 1. The van der Waals surface area contributed by atoms with Gasteiger partial charge in [-0.05, 0) is 82.0 Å². The largest absolute Gasteiger partial charge is 0.379 e. The van der Waals surface area contributed by atoms with Crippen LogP contribution >= 0.6 is 11.6 Å². The normalized spacial score (nSPS) is 46.7. The van der Waals surface area contributed by atoms with E-state index >= 15 is 0 Å². The third-order valence-electron chi connectivity index (χ3n) is 8.04. The Morgan fingerprint density at radius 1 is 0.931 bits per heavy atom. The lowest BCUT2D eigenvalue weighted by molar-refractivity contribution is -0.0994. The maximum absolute atomic E-state index is 13.8. The van der Waals surface area contributed by atoms with Crippen LogP contribution in [0.15, 0.2) is 0 Å². The standard InChI is InChI=1S/C23H40ClFN2O2/c1-28-22-12-16(7-10-21(22)29-14-15-5-8-18(24)9-6-15)20-13-26-23(27-20)17-3-2-4-19(25)11-17/h15-23,26-27H,2-14H2,1H3. The number of hydrogen-bond donors (Lipinski definition) is 2. The van der Waals surface area contributed by atoms with Gasteiger partial charge >= 0.3 is 0 Å². The molecule has 0 radical (unpaired) electrons. The predicted molar refractivity (Wildman–Crippen MR) is 115 cm³/mol. The molecule has 4 fully saturated rings. The number of hydrogen-bond acceptors (Lipinski definition) is 4. The van der Waals surface area contributed by atoms with Gasteiger partial charge in [0.05, 0.1) is 18.4 Å². The molecule has 7 unspecified atom stereocenters. The van der Waals surface area contributed by atoms with Gasteiger partial charge in [-0.3, -0.25) is 5.32 Å². The average Bonchev–Trinajstić information content (AvgIpc) is 3.23. The molecule has 2 N–H and O–H groups in total. The second kappa shape index (κ2) is 10.6. The van der Waals surface area contributed by atoms with Crippen LogP contribution in [0.25, 0.3) is 0 Å². The van der Waals surface area contributed by atoms with Crippen molar-refractivity contribution in [1.29, 1.82) is 0 Å². The van der Waals surface area contributed by atoms with Gasteiger partial charge in [0.25, 0.3) is 0 Å². The lowest BCUT2D eigenvalue weighted by Gasteiger charge is -2.38. The van der Waals surface area contributed by atoms with Crippen molar-refractivity contribution in [3.8, 4) is 0 Å². The summed E-state index contributed by atoms with van der Waals surface area (Å²) in [5.41, 5.74) is 0. The SMILES string of the molecule is COC1CC(C2CNC(C3CCCC(F)C3)N2)CCC1OCC1CCC(Cl)CC1. The minimum atomic E-state index is -0.610. The highest BCUT2D eigenvalue weighted by atomic mass is 35.5. The highest BCUT2D eigenvalue weighted by molar-refractivity contribution is 6.20. The molecule has 0 aromatic rings. The number of nitrogens with one attached hydrogen (secondary N) is 2. The third-order valence-corrected chi connectivity index (χ3v) is 8.48. The number of alkyl halides is 2. The fourth-order valence-corrected chi connectivity index (χ4v) is 6.41. The Bertz CT molecular complexity index is 505. The summed E-state index contributed by atoms with van der Waals surface area (Å²) in [5, 5.41) is 7.83. The van der Waals surface area contributed by atoms with Crippen LogP contribution in [-0.2, 0) is 9.47 Å². The first kappa shape index (κ1) is 22.3. The summed E-state index contributed by atoms with van der Waals surface area (Å²) < 4.78 is 26.0. The zero-order valence-electron chi connectivity index (χ0n) is 18.0. The molecule has 0 amide bonds. The van der Waals surface area contributed by atoms with Gasteiger partial charge < -0.3 is 14.8 Å². The van der Waals surface area contributed by atoms with E-state index in [2.05, 4.69) is 10.6 Å². The van der Waals surface area contributed by atoms with E-state index in [-0.39, 0.29) is 18.4 Å². The molecule has 0 aromatic heterocycles. The van der Waals surface area contributed by atoms with Crippen molar-refractivity contribution in [1.82, 2.24) is 10.6 Å². The maximum atomic E-state index is 13.8. The van der Waals surface area contributed by atoms with E-state index < -0.39 is 6.17 Å². The Balaban J connectivity index is 1.22. The summed E-state index contributed by atoms with van der Waals surface area (Å²) in [7, 11) is 1.83. The molecule has 0 aromatic carbocycles. The van der Waals surface area contributed by atoms with Gasteiger partial charge in [0.1, 0.15) is 6.17 Å². The van der Waals surface area contributed by atoms with E-state index in [1.807, 2.05) is 7.11 Å². The van der Waals surface area contributed by atoms with Crippen LogP contribution in [-0.4, -0.2) is 56.2 Å². The summed E-state index contributed by atoms with van der Waals surface area (Å²) in [4.78, 5) is 0.